The van der Waals surface area contributed by atoms with Crippen LogP contribution < -0.4 is 0 Å². The molecule has 0 aromatic carbocycles. The predicted molar refractivity (Wildman–Crippen MR) is 101 cm³/mol. The van der Waals surface area contributed by atoms with Gasteiger partial charge in [-0.15, -0.1) is 6.58 Å². The highest BCUT2D eigenvalue weighted by Gasteiger charge is 2.61. The Labute approximate surface area is 153 Å². The van der Waals surface area contributed by atoms with E-state index in [2.05, 4.69) is 20.4 Å². The van der Waals surface area contributed by atoms with Crippen molar-refractivity contribution in [3.8, 4) is 0 Å². The number of Topliss-reactive ketones (excluding diaryl/α,β-unsaturated/α-hetero) is 1. The lowest BCUT2D eigenvalue weighted by Gasteiger charge is -2.61. The number of carbonyl (C=O) groups excluding carboxylic acids is 1. The topological polar surface area (TPSA) is 37.3 Å². The number of hydrogen-bond acceptors (Lipinski definition) is 2. The second-order valence-corrected chi connectivity index (χ2v) is 10.5. The highest BCUT2D eigenvalue weighted by molar-refractivity contribution is 5.79. The molecule has 0 bridgehead atoms. The van der Waals surface area contributed by atoms with Crippen molar-refractivity contribution in [2.24, 2.45) is 40.4 Å². The minimum Gasteiger partial charge on any atom is -0.386 e. The van der Waals surface area contributed by atoms with Crippen LogP contribution in [0.2, 0.25) is 0 Å². The lowest BCUT2D eigenvalue weighted by Crippen LogP contribution is -2.55. The van der Waals surface area contributed by atoms with Crippen LogP contribution in [0.25, 0.3) is 0 Å². The van der Waals surface area contributed by atoms with Crippen molar-refractivity contribution >= 4 is 5.78 Å². The molecule has 0 aromatic rings. The van der Waals surface area contributed by atoms with Crippen LogP contribution >= 0.6 is 0 Å². The Morgan fingerprint density at radius 1 is 1.00 bits per heavy atom. The van der Waals surface area contributed by atoms with Gasteiger partial charge in [-0.05, 0) is 99.2 Å². The summed E-state index contributed by atoms with van der Waals surface area (Å²) in [7, 11) is 0. The Morgan fingerprint density at radius 3 is 2.40 bits per heavy atom. The summed E-state index contributed by atoms with van der Waals surface area (Å²) in [6.45, 7) is 10.7. The van der Waals surface area contributed by atoms with Crippen molar-refractivity contribution in [3.05, 3.63) is 12.7 Å². The zero-order chi connectivity index (χ0) is 18.0. The maximum atomic E-state index is 12.2. The van der Waals surface area contributed by atoms with E-state index < -0.39 is 5.60 Å². The van der Waals surface area contributed by atoms with Gasteiger partial charge in [0, 0.05) is 5.92 Å². The van der Waals surface area contributed by atoms with E-state index in [1.54, 1.807) is 6.08 Å². The highest BCUT2D eigenvalue weighted by atomic mass is 16.3. The molecule has 3 unspecified atom stereocenters. The van der Waals surface area contributed by atoms with Gasteiger partial charge in [0.2, 0.25) is 0 Å². The van der Waals surface area contributed by atoms with Crippen LogP contribution in [0, 0.1) is 40.4 Å². The number of fused-ring (bicyclic) bond motifs is 5. The van der Waals surface area contributed by atoms with E-state index in [9.17, 15) is 9.90 Å². The summed E-state index contributed by atoms with van der Waals surface area (Å²) in [4.78, 5) is 12.2. The lowest BCUT2D eigenvalue weighted by atomic mass is 9.44. The Kier molecular flexibility index (Phi) is 4.04. The number of rotatable bonds is 2. The third-order valence-electron chi connectivity index (χ3n) is 9.63. The molecule has 4 saturated carbocycles. The first-order valence-electron chi connectivity index (χ1n) is 10.6. The Morgan fingerprint density at radius 2 is 1.72 bits per heavy atom. The van der Waals surface area contributed by atoms with Crippen molar-refractivity contribution in [2.75, 3.05) is 0 Å². The molecule has 2 nitrogen and oxygen atoms in total. The van der Waals surface area contributed by atoms with Gasteiger partial charge in [-0.2, -0.15) is 0 Å². The molecule has 8 atom stereocenters. The Balaban J connectivity index is 1.60. The summed E-state index contributed by atoms with van der Waals surface area (Å²) < 4.78 is 0. The number of hydrogen-bond donors (Lipinski definition) is 1. The van der Waals surface area contributed by atoms with Gasteiger partial charge in [0.15, 0.2) is 0 Å². The van der Waals surface area contributed by atoms with Crippen molar-refractivity contribution in [1.82, 2.24) is 0 Å². The molecule has 25 heavy (non-hydrogen) atoms. The smallest absolute Gasteiger partial charge is 0.133 e. The molecular formula is C23H36O2. The monoisotopic (exact) mass is 344 g/mol. The summed E-state index contributed by atoms with van der Waals surface area (Å²) in [6.07, 6.45) is 12.2. The van der Waals surface area contributed by atoms with E-state index in [4.69, 9.17) is 0 Å². The second-order valence-electron chi connectivity index (χ2n) is 10.5. The Bertz CT molecular complexity index is 583. The fourth-order valence-electron chi connectivity index (χ4n) is 8.13. The van der Waals surface area contributed by atoms with E-state index >= 15 is 0 Å². The van der Waals surface area contributed by atoms with Crippen molar-refractivity contribution in [1.29, 1.82) is 0 Å². The average molecular weight is 345 g/mol. The van der Waals surface area contributed by atoms with Crippen molar-refractivity contribution in [2.45, 2.75) is 84.2 Å². The molecule has 1 N–H and O–H groups in total. The summed E-state index contributed by atoms with van der Waals surface area (Å²) in [6, 6.07) is 0. The van der Waals surface area contributed by atoms with Crippen LogP contribution in [0.4, 0.5) is 0 Å². The fourth-order valence-corrected chi connectivity index (χ4v) is 8.13. The molecular weight excluding hydrogens is 308 g/mol. The van der Waals surface area contributed by atoms with Crippen LogP contribution in [-0.2, 0) is 4.79 Å². The standard InChI is InChI=1S/C23H36O2/c1-5-23(25)13-12-21(3)16(14-23)6-7-17-19-9-8-18(15(2)24)22(19,4)11-10-20(17)21/h5,16-20,25H,1,6-14H2,2-4H3/t16-,17?,18+,19?,20?,21-,22+,23+/m0/s1. The molecule has 0 saturated heterocycles. The molecule has 4 fully saturated rings. The summed E-state index contributed by atoms with van der Waals surface area (Å²) >= 11 is 0. The van der Waals surface area contributed by atoms with Crippen LogP contribution in [0.5, 0.6) is 0 Å². The number of carbonyl (C=O) groups is 1. The summed E-state index contributed by atoms with van der Waals surface area (Å²) in [5.41, 5.74) is 0.00773. The summed E-state index contributed by atoms with van der Waals surface area (Å²) in [5, 5.41) is 10.8. The molecule has 4 aliphatic rings. The molecule has 4 aliphatic carbocycles. The molecule has 0 aromatic heterocycles. The predicted octanol–water partition coefficient (Wildman–Crippen LogP) is 5.15. The van der Waals surface area contributed by atoms with Gasteiger partial charge in [-0.25, -0.2) is 0 Å². The van der Waals surface area contributed by atoms with Crippen molar-refractivity contribution < 1.29 is 9.90 Å². The van der Waals surface area contributed by atoms with Gasteiger partial charge in [0.05, 0.1) is 5.60 Å². The summed E-state index contributed by atoms with van der Waals surface area (Å²) in [5.74, 6) is 3.72. The molecule has 0 spiro atoms. The van der Waals surface area contributed by atoms with Gasteiger partial charge in [0.1, 0.15) is 5.78 Å². The zero-order valence-corrected chi connectivity index (χ0v) is 16.4. The quantitative estimate of drug-likeness (QED) is 0.703. The second kappa shape index (κ2) is 5.68. The van der Waals surface area contributed by atoms with Crippen LogP contribution in [0.1, 0.15) is 78.6 Å². The molecule has 0 amide bonds. The first-order chi connectivity index (χ1) is 11.7. The van der Waals surface area contributed by atoms with Crippen LogP contribution in [0.3, 0.4) is 0 Å². The van der Waals surface area contributed by atoms with Gasteiger partial charge >= 0.3 is 0 Å². The van der Waals surface area contributed by atoms with Crippen LogP contribution in [-0.4, -0.2) is 16.5 Å². The van der Waals surface area contributed by atoms with Gasteiger partial charge in [0.25, 0.3) is 0 Å². The SMILES string of the molecule is C=C[C@@]1(O)CC[C@]2(C)C3CC[C@@]4(C)C(CC[C@@H]4C(C)=O)C3CC[C@H]2C1. The Hall–Kier alpha value is -0.630. The average Bonchev–Trinajstić information content (AvgIpc) is 2.93. The van der Waals surface area contributed by atoms with Gasteiger partial charge < -0.3 is 5.11 Å². The third kappa shape index (κ3) is 2.42. The van der Waals surface area contributed by atoms with E-state index in [0.717, 1.165) is 43.4 Å². The maximum absolute atomic E-state index is 12.2. The third-order valence-corrected chi connectivity index (χ3v) is 9.63. The normalized spacial score (nSPS) is 55.0. The van der Waals surface area contributed by atoms with E-state index in [-0.39, 0.29) is 5.41 Å². The molecule has 140 valence electrons. The van der Waals surface area contributed by atoms with Gasteiger partial charge in [-0.3, -0.25) is 4.79 Å². The van der Waals surface area contributed by atoms with Crippen molar-refractivity contribution in [3.63, 3.8) is 0 Å². The van der Waals surface area contributed by atoms with Gasteiger partial charge in [-0.1, -0.05) is 19.9 Å². The molecule has 4 rings (SSSR count). The number of ketones is 1. The highest BCUT2D eigenvalue weighted by Crippen LogP contribution is 2.68. The first-order valence-corrected chi connectivity index (χ1v) is 10.6. The maximum Gasteiger partial charge on any atom is 0.133 e. The van der Waals surface area contributed by atoms with E-state index in [1.807, 2.05) is 6.92 Å². The minimum absolute atomic E-state index is 0.257. The van der Waals surface area contributed by atoms with Crippen LogP contribution in [0.15, 0.2) is 12.7 Å². The van der Waals surface area contributed by atoms with E-state index in [1.165, 1.54) is 32.1 Å². The first kappa shape index (κ1) is 17.8. The fraction of sp³-hybridized carbons (Fsp3) is 0.870. The largest absolute Gasteiger partial charge is 0.386 e. The minimum atomic E-state index is -0.632. The molecule has 2 heteroatoms. The van der Waals surface area contributed by atoms with E-state index in [0.29, 0.717) is 23.0 Å². The zero-order valence-electron chi connectivity index (χ0n) is 16.4. The number of aliphatic hydroxyl groups is 1. The lowest BCUT2D eigenvalue weighted by molar-refractivity contribution is -0.145. The molecule has 0 heterocycles. The molecule has 0 aliphatic heterocycles. The molecule has 0 radical (unpaired) electrons.